The number of carboxylic acid groups (broad SMARTS) is 1. The molecule has 1 aromatic rings. The number of carbonyl (C=O) groups is 1. The first-order valence-electron chi connectivity index (χ1n) is 6.04. The molecular weight excluding hydrogens is 314 g/mol. The van der Waals surface area contributed by atoms with Gasteiger partial charge in [-0.15, -0.1) is 0 Å². The molecule has 104 valence electrons. The van der Waals surface area contributed by atoms with E-state index in [4.69, 9.17) is 9.84 Å². The van der Waals surface area contributed by atoms with Gasteiger partial charge in [0.2, 0.25) is 0 Å². The molecule has 5 nitrogen and oxygen atoms in total. The third kappa shape index (κ3) is 3.39. The largest absolute Gasteiger partial charge is 0.503 e. The van der Waals surface area contributed by atoms with Gasteiger partial charge in [-0.05, 0) is 52.4 Å². The molecule has 1 aliphatic rings. The number of ether oxygens (including phenoxy) is 1. The molecule has 19 heavy (non-hydrogen) atoms. The highest BCUT2D eigenvalue weighted by atomic mass is 79.9. The van der Waals surface area contributed by atoms with Gasteiger partial charge < -0.3 is 20.3 Å². The Morgan fingerprint density at radius 3 is 2.79 bits per heavy atom. The zero-order chi connectivity index (χ0) is 14.0. The van der Waals surface area contributed by atoms with Crippen molar-refractivity contribution < 1.29 is 19.7 Å². The summed E-state index contributed by atoms with van der Waals surface area (Å²) in [4.78, 5) is 11.1. The molecule has 0 aliphatic heterocycles. The van der Waals surface area contributed by atoms with E-state index in [1.165, 1.54) is 7.11 Å². The minimum absolute atomic E-state index is 0.0447. The number of rotatable bonds is 6. The van der Waals surface area contributed by atoms with Gasteiger partial charge in [0.15, 0.2) is 11.5 Å². The Balaban J connectivity index is 2.06. The molecule has 1 saturated carbocycles. The van der Waals surface area contributed by atoms with Crippen LogP contribution >= 0.6 is 15.9 Å². The highest BCUT2D eigenvalue weighted by Gasteiger charge is 2.35. The lowest BCUT2D eigenvalue weighted by molar-refractivity contribution is -0.140. The Morgan fingerprint density at radius 2 is 2.26 bits per heavy atom. The summed E-state index contributed by atoms with van der Waals surface area (Å²) >= 11 is 3.24. The number of phenols is 1. The number of aliphatic carboxylic acids is 1. The lowest BCUT2D eigenvalue weighted by atomic mass is 10.1. The molecule has 0 radical (unpaired) electrons. The summed E-state index contributed by atoms with van der Waals surface area (Å²) in [6.45, 7) is 0.419. The second kappa shape index (κ2) is 5.79. The van der Waals surface area contributed by atoms with Crippen LogP contribution in [0.2, 0.25) is 0 Å². The van der Waals surface area contributed by atoms with Crippen molar-refractivity contribution in [3.8, 4) is 11.5 Å². The Morgan fingerprint density at radius 1 is 1.58 bits per heavy atom. The van der Waals surface area contributed by atoms with Gasteiger partial charge >= 0.3 is 5.97 Å². The molecule has 6 heteroatoms. The molecule has 1 fully saturated rings. The molecule has 2 rings (SSSR count). The third-order valence-corrected chi connectivity index (χ3v) is 3.80. The van der Waals surface area contributed by atoms with Gasteiger partial charge in [-0.25, -0.2) is 0 Å². The van der Waals surface area contributed by atoms with E-state index in [9.17, 15) is 9.90 Å². The summed E-state index contributed by atoms with van der Waals surface area (Å²) in [7, 11) is 1.48. The Hall–Kier alpha value is -1.27. The summed E-state index contributed by atoms with van der Waals surface area (Å²) in [5, 5.41) is 21.9. The summed E-state index contributed by atoms with van der Waals surface area (Å²) in [6, 6.07) is 2.94. The van der Waals surface area contributed by atoms with Crippen LogP contribution in [0.1, 0.15) is 18.4 Å². The van der Waals surface area contributed by atoms with Gasteiger partial charge in [0.05, 0.1) is 11.6 Å². The van der Waals surface area contributed by atoms with Gasteiger partial charge in [-0.1, -0.05) is 0 Å². The van der Waals surface area contributed by atoms with Crippen molar-refractivity contribution >= 4 is 21.9 Å². The molecular formula is C13H16BrNO4. The zero-order valence-electron chi connectivity index (χ0n) is 10.5. The molecule has 0 saturated heterocycles. The Bertz CT molecular complexity index is 488. The molecule has 0 aromatic heterocycles. The normalized spacial score (nSPS) is 16.1. The number of halogens is 1. The first-order valence-corrected chi connectivity index (χ1v) is 6.83. The van der Waals surface area contributed by atoms with Crippen LogP contribution in [0.5, 0.6) is 11.5 Å². The summed E-state index contributed by atoms with van der Waals surface area (Å²) in [5.74, 6) is -0.167. The average Bonchev–Trinajstić information content (AvgIpc) is 3.17. The van der Waals surface area contributed by atoms with Crippen LogP contribution in [0.4, 0.5) is 0 Å². The van der Waals surface area contributed by atoms with Gasteiger partial charge in [-0.3, -0.25) is 4.79 Å². The van der Waals surface area contributed by atoms with Crippen LogP contribution in [-0.2, 0) is 11.3 Å². The second-order valence-corrected chi connectivity index (χ2v) is 5.52. The second-order valence-electron chi connectivity index (χ2n) is 4.66. The third-order valence-electron chi connectivity index (χ3n) is 3.19. The van der Waals surface area contributed by atoms with E-state index < -0.39 is 12.0 Å². The van der Waals surface area contributed by atoms with Crippen LogP contribution in [0.25, 0.3) is 0 Å². The summed E-state index contributed by atoms with van der Waals surface area (Å²) in [5.41, 5.74) is 0.855. The maximum Gasteiger partial charge on any atom is 0.320 e. The summed E-state index contributed by atoms with van der Waals surface area (Å²) < 4.78 is 5.59. The standard InChI is InChI=1S/C13H16BrNO4/c1-19-10-5-7(4-9(14)12(10)16)6-15-11(13(17)18)8-2-3-8/h4-5,8,11,15-16H,2-3,6H2,1H3,(H,17,18). The van der Waals surface area contributed by atoms with E-state index in [0.29, 0.717) is 16.8 Å². The highest BCUT2D eigenvalue weighted by molar-refractivity contribution is 9.10. The monoisotopic (exact) mass is 329 g/mol. The SMILES string of the molecule is COc1cc(CNC(C(=O)O)C2CC2)cc(Br)c1O. The smallest absolute Gasteiger partial charge is 0.320 e. The lowest BCUT2D eigenvalue weighted by Crippen LogP contribution is -2.38. The minimum Gasteiger partial charge on any atom is -0.503 e. The molecule has 0 heterocycles. The van der Waals surface area contributed by atoms with Gasteiger partial charge in [0.1, 0.15) is 6.04 Å². The highest BCUT2D eigenvalue weighted by Crippen LogP contribution is 2.36. The van der Waals surface area contributed by atoms with Gasteiger partial charge in [0, 0.05) is 6.54 Å². The van der Waals surface area contributed by atoms with E-state index >= 15 is 0 Å². The number of benzene rings is 1. The quantitative estimate of drug-likeness (QED) is 0.745. The van der Waals surface area contributed by atoms with Crippen LogP contribution in [-0.4, -0.2) is 29.3 Å². The zero-order valence-corrected chi connectivity index (χ0v) is 12.1. The van der Waals surface area contributed by atoms with E-state index in [1.54, 1.807) is 12.1 Å². The number of hydrogen-bond acceptors (Lipinski definition) is 4. The molecule has 1 unspecified atom stereocenters. The van der Waals surface area contributed by atoms with Crippen LogP contribution < -0.4 is 10.1 Å². The van der Waals surface area contributed by atoms with E-state index in [1.807, 2.05) is 0 Å². The van der Waals surface area contributed by atoms with Crippen molar-refractivity contribution in [3.63, 3.8) is 0 Å². The van der Waals surface area contributed by atoms with Crippen LogP contribution in [0, 0.1) is 5.92 Å². The number of aromatic hydroxyl groups is 1. The number of phenolic OH excluding ortho intramolecular Hbond substituents is 1. The van der Waals surface area contributed by atoms with Gasteiger partial charge in [-0.2, -0.15) is 0 Å². The number of hydrogen-bond donors (Lipinski definition) is 3. The van der Waals surface area contributed by atoms with Crippen LogP contribution in [0.3, 0.4) is 0 Å². The fourth-order valence-electron chi connectivity index (χ4n) is 2.00. The molecule has 0 bridgehead atoms. The maximum absolute atomic E-state index is 11.1. The molecule has 3 N–H and O–H groups in total. The van der Waals surface area contributed by atoms with Crippen molar-refractivity contribution in [3.05, 3.63) is 22.2 Å². The van der Waals surface area contributed by atoms with Crippen LogP contribution in [0.15, 0.2) is 16.6 Å². The fraction of sp³-hybridized carbons (Fsp3) is 0.462. The number of methoxy groups -OCH3 is 1. The molecule has 1 atom stereocenters. The molecule has 1 aliphatic carbocycles. The van der Waals surface area contributed by atoms with E-state index in [0.717, 1.165) is 18.4 Å². The Labute approximate surface area is 119 Å². The number of carboxylic acids is 1. The molecule has 0 amide bonds. The topological polar surface area (TPSA) is 78.8 Å². The van der Waals surface area contributed by atoms with Crippen molar-refractivity contribution in [2.24, 2.45) is 5.92 Å². The lowest BCUT2D eigenvalue weighted by Gasteiger charge is -2.14. The van der Waals surface area contributed by atoms with Crippen molar-refractivity contribution in [2.45, 2.75) is 25.4 Å². The first kappa shape index (κ1) is 14.1. The first-order chi connectivity index (χ1) is 9.02. The predicted molar refractivity (Wildman–Crippen MR) is 73.3 cm³/mol. The van der Waals surface area contributed by atoms with E-state index in [-0.39, 0.29) is 11.7 Å². The Kier molecular flexibility index (Phi) is 4.31. The fourth-order valence-corrected chi connectivity index (χ4v) is 2.49. The maximum atomic E-state index is 11.1. The van der Waals surface area contributed by atoms with Crippen molar-refractivity contribution in [1.82, 2.24) is 5.32 Å². The summed E-state index contributed by atoms with van der Waals surface area (Å²) in [6.07, 6.45) is 1.93. The predicted octanol–water partition coefficient (Wildman–Crippen LogP) is 2.12. The van der Waals surface area contributed by atoms with Crippen molar-refractivity contribution in [2.75, 3.05) is 7.11 Å². The molecule has 1 aromatic carbocycles. The van der Waals surface area contributed by atoms with Gasteiger partial charge in [0.25, 0.3) is 0 Å². The van der Waals surface area contributed by atoms with Crippen molar-refractivity contribution in [1.29, 1.82) is 0 Å². The number of nitrogens with one attached hydrogen (secondary N) is 1. The molecule has 0 spiro atoms. The van der Waals surface area contributed by atoms with E-state index in [2.05, 4.69) is 21.2 Å². The minimum atomic E-state index is -0.813. The average molecular weight is 330 g/mol.